The molecule has 2 unspecified atom stereocenters. The molecule has 2 aliphatic rings. The first kappa shape index (κ1) is 19.2. The van der Waals surface area contributed by atoms with Gasteiger partial charge in [-0.15, -0.1) is 0 Å². The summed E-state index contributed by atoms with van der Waals surface area (Å²) in [6.45, 7) is 0.719. The lowest BCUT2D eigenvalue weighted by Gasteiger charge is -2.35. The number of fused-ring (bicyclic) bond motifs is 1. The number of imidazole rings is 1. The van der Waals surface area contributed by atoms with Gasteiger partial charge in [0.25, 0.3) is 5.91 Å². The van der Waals surface area contributed by atoms with Gasteiger partial charge in [-0.25, -0.2) is 4.98 Å². The molecule has 2 aromatic heterocycles. The van der Waals surface area contributed by atoms with E-state index in [4.69, 9.17) is 5.73 Å². The van der Waals surface area contributed by atoms with Crippen LogP contribution in [0.25, 0.3) is 5.52 Å². The number of carbonyl (C=O) groups excluding carboxylic acids is 1. The minimum absolute atomic E-state index is 0.0812. The molecule has 0 radical (unpaired) electrons. The van der Waals surface area contributed by atoms with E-state index >= 15 is 0 Å². The summed E-state index contributed by atoms with van der Waals surface area (Å²) in [7, 11) is 0. The van der Waals surface area contributed by atoms with E-state index in [0.717, 1.165) is 24.5 Å². The Hall–Kier alpha value is -3.75. The van der Waals surface area contributed by atoms with Gasteiger partial charge in [0, 0.05) is 18.9 Å². The number of aliphatic imine (C=N–C) groups is 1. The summed E-state index contributed by atoms with van der Waals surface area (Å²) >= 11 is 0. The molecule has 0 saturated heterocycles. The monoisotopic (exact) mass is 413 g/mol. The van der Waals surface area contributed by atoms with Gasteiger partial charge in [0.05, 0.1) is 35.4 Å². The Kier molecular flexibility index (Phi) is 5.07. The standard InChI is InChI=1S/C23H23N7O/c24-20(31)17-9-5-11-30-19(17)14-27-23(30)22-28-18-13-25-10-4-8-16(18)21(29-22)26-12-15-6-2-1-3-7-15/h1-7,9-11,13-14,21-22,26,28-29H,8,12H2,(H2,24,31). The number of hydrogen-bond donors (Lipinski definition) is 4. The highest BCUT2D eigenvalue weighted by molar-refractivity contribution is 5.99. The number of allylic oxidation sites excluding steroid dienone is 2. The number of rotatable bonds is 5. The van der Waals surface area contributed by atoms with E-state index in [0.29, 0.717) is 11.1 Å². The van der Waals surface area contributed by atoms with Crippen molar-refractivity contribution < 1.29 is 4.79 Å². The van der Waals surface area contributed by atoms with Crippen LogP contribution in [0, 0.1) is 0 Å². The van der Waals surface area contributed by atoms with Gasteiger partial charge >= 0.3 is 0 Å². The highest BCUT2D eigenvalue weighted by Crippen LogP contribution is 2.25. The first-order valence-corrected chi connectivity index (χ1v) is 10.2. The maximum absolute atomic E-state index is 11.8. The van der Waals surface area contributed by atoms with Crippen LogP contribution in [0.1, 0.15) is 34.3 Å². The third-order valence-corrected chi connectivity index (χ3v) is 5.54. The van der Waals surface area contributed by atoms with Gasteiger partial charge in [-0.3, -0.25) is 20.4 Å². The fourth-order valence-corrected chi connectivity index (χ4v) is 4.02. The number of amides is 1. The maximum atomic E-state index is 11.8. The van der Waals surface area contributed by atoms with Crippen LogP contribution in [-0.4, -0.2) is 27.7 Å². The first-order valence-electron chi connectivity index (χ1n) is 10.2. The molecule has 5 rings (SSSR count). The van der Waals surface area contributed by atoms with Crippen LogP contribution in [-0.2, 0) is 6.54 Å². The van der Waals surface area contributed by atoms with Crippen LogP contribution in [0.5, 0.6) is 0 Å². The van der Waals surface area contributed by atoms with Crippen LogP contribution >= 0.6 is 0 Å². The third-order valence-electron chi connectivity index (χ3n) is 5.54. The molecule has 2 aliphatic heterocycles. The van der Waals surface area contributed by atoms with Crippen LogP contribution in [0.2, 0.25) is 0 Å². The van der Waals surface area contributed by atoms with E-state index in [9.17, 15) is 4.79 Å². The molecular weight excluding hydrogens is 390 g/mol. The Labute approximate surface area is 179 Å². The fraction of sp³-hybridized carbons (Fsp3) is 0.174. The Morgan fingerprint density at radius 1 is 1.23 bits per heavy atom. The summed E-state index contributed by atoms with van der Waals surface area (Å²) in [5, 5.41) is 10.7. The van der Waals surface area contributed by atoms with Crippen molar-refractivity contribution in [2.24, 2.45) is 10.7 Å². The van der Waals surface area contributed by atoms with Crippen molar-refractivity contribution in [3.8, 4) is 0 Å². The van der Waals surface area contributed by atoms with Gasteiger partial charge in [-0.05, 0) is 29.7 Å². The topological polar surface area (TPSA) is 109 Å². The average molecular weight is 413 g/mol. The third kappa shape index (κ3) is 3.74. The molecule has 156 valence electrons. The quantitative estimate of drug-likeness (QED) is 0.512. The van der Waals surface area contributed by atoms with E-state index < -0.39 is 5.91 Å². The van der Waals surface area contributed by atoms with Crippen LogP contribution < -0.4 is 21.7 Å². The van der Waals surface area contributed by atoms with E-state index in [-0.39, 0.29) is 12.3 Å². The second kappa shape index (κ2) is 8.17. The Bertz CT molecular complexity index is 1210. The maximum Gasteiger partial charge on any atom is 0.250 e. The van der Waals surface area contributed by atoms with Crippen molar-refractivity contribution in [3.63, 3.8) is 0 Å². The number of aromatic nitrogens is 2. The zero-order valence-electron chi connectivity index (χ0n) is 16.8. The number of primary amides is 1. The molecule has 0 saturated carbocycles. The summed E-state index contributed by atoms with van der Waals surface area (Å²) < 4.78 is 1.89. The molecule has 4 heterocycles. The zero-order valence-corrected chi connectivity index (χ0v) is 16.8. The number of pyridine rings is 1. The lowest BCUT2D eigenvalue weighted by molar-refractivity contribution is 0.100. The molecule has 8 heteroatoms. The molecule has 31 heavy (non-hydrogen) atoms. The van der Waals surface area contributed by atoms with Gasteiger partial charge in [0.1, 0.15) is 6.17 Å². The molecule has 2 atom stereocenters. The van der Waals surface area contributed by atoms with Gasteiger partial charge in [-0.1, -0.05) is 36.4 Å². The molecular formula is C23H23N7O. The van der Waals surface area contributed by atoms with Gasteiger partial charge in [-0.2, -0.15) is 0 Å². The van der Waals surface area contributed by atoms with E-state index in [1.54, 1.807) is 18.3 Å². The van der Waals surface area contributed by atoms with E-state index in [1.807, 2.05) is 47.3 Å². The highest BCUT2D eigenvalue weighted by Gasteiger charge is 2.30. The molecule has 0 bridgehead atoms. The number of hydrogen-bond acceptors (Lipinski definition) is 6. The largest absolute Gasteiger partial charge is 0.366 e. The van der Waals surface area contributed by atoms with Crippen molar-refractivity contribution in [1.82, 2.24) is 25.3 Å². The summed E-state index contributed by atoms with van der Waals surface area (Å²) in [6.07, 6.45) is 9.67. The molecule has 1 amide bonds. The fourth-order valence-electron chi connectivity index (χ4n) is 4.02. The Morgan fingerprint density at radius 2 is 2.10 bits per heavy atom. The normalized spacial score (nSPS) is 20.4. The Balaban J connectivity index is 1.48. The zero-order chi connectivity index (χ0) is 21.2. The molecule has 3 aromatic rings. The highest BCUT2D eigenvalue weighted by atomic mass is 16.1. The first-order chi connectivity index (χ1) is 15.2. The van der Waals surface area contributed by atoms with Crippen LogP contribution in [0.15, 0.2) is 83.4 Å². The summed E-state index contributed by atoms with van der Waals surface area (Å²) in [4.78, 5) is 20.8. The van der Waals surface area contributed by atoms with Gasteiger partial charge < -0.3 is 15.5 Å². The minimum atomic E-state index is -0.476. The van der Waals surface area contributed by atoms with Crippen LogP contribution in [0.4, 0.5) is 0 Å². The number of carbonyl (C=O) groups is 1. The summed E-state index contributed by atoms with van der Waals surface area (Å²) in [6, 6.07) is 13.8. The SMILES string of the molecule is NC(=O)c1cccn2c(C3NC4=C(CC=CN=C4)C(NCc4ccccc4)N3)ncc12. The van der Waals surface area contributed by atoms with E-state index in [1.165, 1.54) is 11.1 Å². The van der Waals surface area contributed by atoms with Crippen molar-refractivity contribution in [2.75, 3.05) is 0 Å². The minimum Gasteiger partial charge on any atom is -0.366 e. The second-order valence-corrected chi connectivity index (χ2v) is 7.51. The number of nitrogens with one attached hydrogen (secondary N) is 3. The number of benzene rings is 1. The number of nitrogens with zero attached hydrogens (tertiary/aromatic N) is 3. The molecule has 8 nitrogen and oxygen atoms in total. The lowest BCUT2D eigenvalue weighted by Crippen LogP contribution is -2.54. The molecule has 0 aliphatic carbocycles. The summed E-state index contributed by atoms with van der Waals surface area (Å²) in [5.74, 6) is 0.262. The van der Waals surface area contributed by atoms with Crippen molar-refractivity contribution in [1.29, 1.82) is 0 Å². The molecule has 0 spiro atoms. The predicted molar refractivity (Wildman–Crippen MR) is 119 cm³/mol. The van der Waals surface area contributed by atoms with E-state index in [2.05, 4.69) is 38.1 Å². The smallest absolute Gasteiger partial charge is 0.250 e. The average Bonchev–Trinajstić information content (AvgIpc) is 3.08. The second-order valence-electron chi connectivity index (χ2n) is 7.51. The molecule has 0 fully saturated rings. The lowest BCUT2D eigenvalue weighted by atomic mass is 10.0. The molecule has 5 N–H and O–H groups in total. The van der Waals surface area contributed by atoms with Crippen molar-refractivity contribution in [2.45, 2.75) is 25.3 Å². The number of nitrogens with two attached hydrogens (primary N) is 1. The summed E-state index contributed by atoms with van der Waals surface area (Å²) in [5.41, 5.74) is 10.0. The van der Waals surface area contributed by atoms with Gasteiger partial charge in [0.2, 0.25) is 0 Å². The Morgan fingerprint density at radius 3 is 2.94 bits per heavy atom. The van der Waals surface area contributed by atoms with Crippen molar-refractivity contribution >= 4 is 17.6 Å². The predicted octanol–water partition coefficient (Wildman–Crippen LogP) is 1.98. The van der Waals surface area contributed by atoms with Crippen LogP contribution in [0.3, 0.4) is 0 Å². The van der Waals surface area contributed by atoms with Gasteiger partial charge in [0.15, 0.2) is 5.82 Å². The molecule has 1 aromatic carbocycles. The van der Waals surface area contributed by atoms with Crippen molar-refractivity contribution in [3.05, 3.63) is 95.4 Å².